The number of cyclic esters (lactones) is 1. The molecule has 1 amide bonds. The van der Waals surface area contributed by atoms with Crippen LogP contribution in [0.2, 0.25) is 0 Å². The molecular weight excluding hydrogens is 305 g/mol. The molecule has 2 rings (SSSR count). The van der Waals surface area contributed by atoms with E-state index in [1.54, 1.807) is 5.32 Å². The van der Waals surface area contributed by atoms with Crippen LogP contribution in [-0.2, 0) is 4.74 Å². The SMILES string of the molecule is Cl.O=C1N[C@H](c2cc(F)ccc2[N+](=O)[O-])C(F)(F)CO1. The number of amides is 1. The first kappa shape index (κ1) is 16.0. The number of carbonyl (C=O) groups is 1. The number of alkyl halides is 2. The van der Waals surface area contributed by atoms with Crippen LogP contribution < -0.4 is 5.32 Å². The van der Waals surface area contributed by atoms with Gasteiger partial charge in [0.2, 0.25) is 0 Å². The smallest absolute Gasteiger partial charge is 0.408 e. The minimum atomic E-state index is -3.58. The summed E-state index contributed by atoms with van der Waals surface area (Å²) in [6.07, 6.45) is -1.14. The van der Waals surface area contributed by atoms with Gasteiger partial charge in [0.25, 0.3) is 5.69 Å². The van der Waals surface area contributed by atoms with Crippen molar-refractivity contribution in [2.75, 3.05) is 6.61 Å². The molecule has 1 heterocycles. The minimum absolute atomic E-state index is 0. The summed E-state index contributed by atoms with van der Waals surface area (Å²) in [5.74, 6) is -4.50. The van der Waals surface area contributed by atoms with Crippen LogP contribution in [0.4, 0.5) is 23.7 Å². The molecule has 0 radical (unpaired) electrons. The fourth-order valence-electron chi connectivity index (χ4n) is 1.74. The van der Waals surface area contributed by atoms with E-state index in [0.717, 1.165) is 12.1 Å². The lowest BCUT2D eigenvalue weighted by Crippen LogP contribution is -2.49. The van der Waals surface area contributed by atoms with E-state index in [1.807, 2.05) is 0 Å². The van der Waals surface area contributed by atoms with E-state index < -0.39 is 46.7 Å². The second kappa shape index (κ2) is 5.53. The molecule has 0 unspecified atom stereocenters. The van der Waals surface area contributed by atoms with Crippen LogP contribution in [0.5, 0.6) is 0 Å². The second-order valence-corrected chi connectivity index (χ2v) is 3.87. The Bertz CT molecular complexity index is 555. The maximum atomic E-state index is 13.6. The van der Waals surface area contributed by atoms with Crippen molar-refractivity contribution < 1.29 is 27.6 Å². The zero-order valence-corrected chi connectivity index (χ0v) is 10.5. The molecule has 1 fully saturated rings. The number of nitro benzene ring substituents is 1. The van der Waals surface area contributed by atoms with E-state index in [4.69, 9.17) is 0 Å². The van der Waals surface area contributed by atoms with Gasteiger partial charge in [0.05, 0.1) is 10.5 Å². The zero-order chi connectivity index (χ0) is 14.2. The summed E-state index contributed by atoms with van der Waals surface area (Å²) in [5.41, 5.74) is -1.31. The molecule has 1 aromatic rings. The van der Waals surface area contributed by atoms with E-state index in [1.165, 1.54) is 0 Å². The van der Waals surface area contributed by atoms with Gasteiger partial charge in [-0.25, -0.2) is 18.0 Å². The van der Waals surface area contributed by atoms with Crippen molar-refractivity contribution in [1.29, 1.82) is 0 Å². The average Bonchev–Trinajstić information content (AvgIpc) is 2.32. The molecule has 1 aliphatic heterocycles. The summed E-state index contributed by atoms with van der Waals surface area (Å²) in [6, 6.07) is 0.135. The van der Waals surface area contributed by atoms with Crippen molar-refractivity contribution in [3.63, 3.8) is 0 Å². The van der Waals surface area contributed by atoms with Crippen LogP contribution in [0.1, 0.15) is 11.6 Å². The van der Waals surface area contributed by atoms with Crippen molar-refractivity contribution >= 4 is 24.2 Å². The number of nitro groups is 1. The predicted octanol–water partition coefficient (Wildman–Crippen LogP) is 2.57. The molecule has 0 aliphatic carbocycles. The summed E-state index contributed by atoms with van der Waals surface area (Å²) in [5, 5.41) is 12.5. The molecule has 20 heavy (non-hydrogen) atoms. The van der Waals surface area contributed by atoms with Crippen LogP contribution in [0, 0.1) is 15.9 Å². The number of carbonyl (C=O) groups excluding carboxylic acids is 1. The molecule has 1 saturated heterocycles. The van der Waals surface area contributed by atoms with Crippen LogP contribution in [-0.4, -0.2) is 23.5 Å². The van der Waals surface area contributed by atoms with Gasteiger partial charge in [0.15, 0.2) is 6.61 Å². The Morgan fingerprint density at radius 2 is 2.10 bits per heavy atom. The van der Waals surface area contributed by atoms with E-state index in [2.05, 4.69) is 4.74 Å². The molecule has 0 spiro atoms. The van der Waals surface area contributed by atoms with Gasteiger partial charge in [-0.15, -0.1) is 12.4 Å². The van der Waals surface area contributed by atoms with E-state index >= 15 is 0 Å². The van der Waals surface area contributed by atoms with Gasteiger partial charge in [-0.3, -0.25) is 10.1 Å². The fourth-order valence-corrected chi connectivity index (χ4v) is 1.74. The zero-order valence-electron chi connectivity index (χ0n) is 9.64. The molecule has 110 valence electrons. The highest BCUT2D eigenvalue weighted by molar-refractivity contribution is 5.85. The number of hydrogen-bond acceptors (Lipinski definition) is 4. The van der Waals surface area contributed by atoms with Gasteiger partial charge in [-0.2, -0.15) is 0 Å². The summed E-state index contributed by atoms with van der Waals surface area (Å²) >= 11 is 0. The van der Waals surface area contributed by atoms with E-state index in [9.17, 15) is 28.1 Å². The molecule has 0 saturated carbocycles. The molecule has 10 heteroatoms. The maximum Gasteiger partial charge on any atom is 0.408 e. The number of alkyl carbamates (subject to hydrolysis) is 1. The molecule has 0 bridgehead atoms. The van der Waals surface area contributed by atoms with Crippen molar-refractivity contribution in [2.45, 2.75) is 12.0 Å². The lowest BCUT2D eigenvalue weighted by atomic mass is 9.98. The van der Waals surface area contributed by atoms with Crippen LogP contribution in [0.25, 0.3) is 0 Å². The van der Waals surface area contributed by atoms with Crippen LogP contribution in [0.3, 0.4) is 0 Å². The Morgan fingerprint density at radius 3 is 2.70 bits per heavy atom. The molecule has 0 aromatic heterocycles. The lowest BCUT2D eigenvalue weighted by molar-refractivity contribution is -0.386. The first-order valence-corrected chi connectivity index (χ1v) is 5.06. The van der Waals surface area contributed by atoms with Gasteiger partial charge < -0.3 is 10.1 Å². The monoisotopic (exact) mass is 312 g/mol. The number of nitrogens with zero attached hydrogens (tertiary/aromatic N) is 1. The minimum Gasteiger partial charge on any atom is -0.443 e. The van der Waals surface area contributed by atoms with E-state index in [-0.39, 0.29) is 12.4 Å². The number of nitrogens with one attached hydrogen (secondary N) is 1. The summed E-state index contributed by atoms with van der Waals surface area (Å²) in [6.45, 7) is -1.23. The predicted molar refractivity (Wildman–Crippen MR) is 62.5 cm³/mol. The van der Waals surface area contributed by atoms with Crippen LogP contribution in [0.15, 0.2) is 18.2 Å². The second-order valence-electron chi connectivity index (χ2n) is 3.87. The van der Waals surface area contributed by atoms with Gasteiger partial charge in [0, 0.05) is 6.07 Å². The molecule has 1 N–H and O–H groups in total. The number of hydrogen-bond donors (Lipinski definition) is 1. The number of rotatable bonds is 2. The Balaban J connectivity index is 0.00000200. The van der Waals surface area contributed by atoms with Gasteiger partial charge in [-0.1, -0.05) is 0 Å². The molecule has 1 aromatic carbocycles. The Kier molecular flexibility index (Phi) is 4.43. The third-order valence-electron chi connectivity index (χ3n) is 2.58. The summed E-state index contributed by atoms with van der Waals surface area (Å²) < 4.78 is 44.5. The lowest BCUT2D eigenvalue weighted by Gasteiger charge is -2.31. The van der Waals surface area contributed by atoms with Gasteiger partial charge in [-0.05, 0) is 12.1 Å². The van der Waals surface area contributed by atoms with Crippen molar-refractivity contribution in [3.05, 3.63) is 39.7 Å². The maximum absolute atomic E-state index is 13.6. The third-order valence-corrected chi connectivity index (χ3v) is 2.58. The Morgan fingerprint density at radius 1 is 1.45 bits per heavy atom. The van der Waals surface area contributed by atoms with Crippen molar-refractivity contribution in [2.24, 2.45) is 0 Å². The summed E-state index contributed by atoms with van der Waals surface area (Å²) in [4.78, 5) is 20.8. The number of ether oxygens (including phenoxy) is 1. The first-order chi connectivity index (χ1) is 8.81. The van der Waals surface area contributed by atoms with Gasteiger partial charge in [0.1, 0.15) is 11.9 Å². The Hall–Kier alpha value is -2.03. The summed E-state index contributed by atoms with van der Waals surface area (Å²) in [7, 11) is 0. The highest BCUT2D eigenvalue weighted by Crippen LogP contribution is 2.38. The standard InChI is InChI=1S/C10H7F3N2O4.ClH/c11-5-1-2-7(15(17)18)6(3-5)8-10(12,13)4-19-9(16)14-8;/h1-3,8H,4H2,(H,14,16);1H/t8-;/m1./s1. The molecule has 1 atom stereocenters. The van der Waals surface area contributed by atoms with Crippen LogP contribution >= 0.6 is 12.4 Å². The number of benzene rings is 1. The Labute approximate surface area is 116 Å². The van der Waals surface area contributed by atoms with Crippen molar-refractivity contribution in [3.8, 4) is 0 Å². The normalized spacial score (nSPS) is 20.4. The third kappa shape index (κ3) is 2.93. The highest BCUT2D eigenvalue weighted by Gasteiger charge is 2.49. The largest absolute Gasteiger partial charge is 0.443 e. The molecule has 6 nitrogen and oxygen atoms in total. The average molecular weight is 313 g/mol. The first-order valence-electron chi connectivity index (χ1n) is 5.06. The fraction of sp³-hybridized carbons (Fsp3) is 0.300. The number of halogens is 4. The van der Waals surface area contributed by atoms with E-state index in [0.29, 0.717) is 6.07 Å². The quantitative estimate of drug-likeness (QED) is 0.672. The molecular formula is C10H8ClF3N2O4. The highest BCUT2D eigenvalue weighted by atomic mass is 35.5. The van der Waals surface area contributed by atoms with Gasteiger partial charge >= 0.3 is 12.0 Å². The topological polar surface area (TPSA) is 81.5 Å². The molecule has 1 aliphatic rings. The van der Waals surface area contributed by atoms with Crippen molar-refractivity contribution in [1.82, 2.24) is 5.32 Å².